The van der Waals surface area contributed by atoms with E-state index in [1.54, 1.807) is 13.0 Å². The summed E-state index contributed by atoms with van der Waals surface area (Å²) in [6, 6.07) is 0. The Morgan fingerprint density at radius 1 is 1.70 bits per heavy atom. The summed E-state index contributed by atoms with van der Waals surface area (Å²) in [6.45, 7) is 5.69. The number of hydrogen-bond acceptors (Lipinski definition) is 1. The molecule has 1 nitrogen and oxygen atoms in total. The Hall–Kier alpha value is -0.300. The van der Waals surface area contributed by atoms with E-state index < -0.39 is 4.87 Å². The number of allylic oxidation sites excluding steroid dienone is 2. The van der Waals surface area contributed by atoms with Crippen LogP contribution in [0.1, 0.15) is 20.8 Å². The molecule has 0 fully saturated rings. The predicted octanol–water partition coefficient (Wildman–Crippen LogP) is 2.15. The molecule has 1 aliphatic carbocycles. The second kappa shape index (κ2) is 2.09. The van der Waals surface area contributed by atoms with Crippen LogP contribution in [-0.4, -0.2) is 10.7 Å². The van der Waals surface area contributed by atoms with Gasteiger partial charge in [-0.25, -0.2) is 0 Å². The van der Waals surface area contributed by atoms with Crippen LogP contribution in [0.4, 0.5) is 0 Å². The highest BCUT2D eigenvalue weighted by Gasteiger charge is 2.40. The lowest BCUT2D eigenvalue weighted by atomic mass is 9.94. The largest absolute Gasteiger partial charge is 0.293 e. The van der Waals surface area contributed by atoms with E-state index in [-0.39, 0.29) is 11.7 Å². The van der Waals surface area contributed by atoms with E-state index in [0.29, 0.717) is 0 Å². The second-order valence-electron chi connectivity index (χ2n) is 3.05. The molecule has 0 aromatic rings. The van der Waals surface area contributed by atoms with Crippen molar-refractivity contribution in [3.8, 4) is 0 Å². The van der Waals surface area contributed by atoms with Gasteiger partial charge in [0.25, 0.3) is 0 Å². The first kappa shape index (κ1) is 7.80. The molecule has 0 amide bonds. The van der Waals surface area contributed by atoms with Crippen LogP contribution in [0.25, 0.3) is 0 Å². The average molecular weight is 159 g/mol. The van der Waals surface area contributed by atoms with Crippen molar-refractivity contribution in [2.24, 2.45) is 5.92 Å². The summed E-state index contributed by atoms with van der Waals surface area (Å²) in [5.74, 6) is 0.223. The summed E-state index contributed by atoms with van der Waals surface area (Å²) in [5, 5.41) is 0. The van der Waals surface area contributed by atoms with Gasteiger partial charge in [0.05, 0.1) is 0 Å². The van der Waals surface area contributed by atoms with Crippen molar-refractivity contribution in [3.63, 3.8) is 0 Å². The Kier molecular flexibility index (Phi) is 1.63. The highest BCUT2D eigenvalue weighted by molar-refractivity contribution is 6.38. The van der Waals surface area contributed by atoms with Crippen molar-refractivity contribution in [2.45, 2.75) is 25.6 Å². The fourth-order valence-corrected chi connectivity index (χ4v) is 1.34. The first-order chi connectivity index (χ1) is 4.46. The minimum atomic E-state index is -0.677. The molecular formula is C8H11ClO. The van der Waals surface area contributed by atoms with Crippen LogP contribution in [0.15, 0.2) is 11.6 Å². The molecule has 0 aliphatic heterocycles. The highest BCUT2D eigenvalue weighted by atomic mass is 35.5. The van der Waals surface area contributed by atoms with E-state index in [0.717, 1.165) is 5.57 Å². The molecular weight excluding hydrogens is 148 g/mol. The predicted molar refractivity (Wildman–Crippen MR) is 42.2 cm³/mol. The molecule has 0 unspecified atom stereocenters. The van der Waals surface area contributed by atoms with E-state index in [2.05, 4.69) is 0 Å². The van der Waals surface area contributed by atoms with E-state index >= 15 is 0 Å². The quantitative estimate of drug-likeness (QED) is 0.494. The van der Waals surface area contributed by atoms with Crippen LogP contribution in [0.2, 0.25) is 0 Å². The lowest BCUT2D eigenvalue weighted by molar-refractivity contribution is -0.116. The minimum Gasteiger partial charge on any atom is -0.293 e. The molecule has 0 bridgehead atoms. The first-order valence-electron chi connectivity index (χ1n) is 3.38. The highest BCUT2D eigenvalue weighted by Crippen LogP contribution is 2.37. The molecule has 0 spiro atoms. The molecule has 0 heterocycles. The fraction of sp³-hybridized carbons (Fsp3) is 0.625. The summed E-state index contributed by atoms with van der Waals surface area (Å²) < 4.78 is 0. The Morgan fingerprint density at radius 2 is 2.20 bits per heavy atom. The summed E-state index contributed by atoms with van der Waals surface area (Å²) in [7, 11) is 0. The molecule has 0 aromatic carbocycles. The summed E-state index contributed by atoms with van der Waals surface area (Å²) in [6.07, 6.45) is 1.64. The number of halogens is 1. The summed E-state index contributed by atoms with van der Waals surface area (Å²) >= 11 is 5.96. The lowest BCUT2D eigenvalue weighted by Gasteiger charge is -2.20. The molecule has 0 N–H and O–H groups in total. The third-order valence-corrected chi connectivity index (χ3v) is 2.85. The topological polar surface area (TPSA) is 17.1 Å². The zero-order chi connectivity index (χ0) is 7.94. The van der Waals surface area contributed by atoms with E-state index in [9.17, 15) is 4.79 Å². The maximum Gasteiger partial charge on any atom is 0.176 e. The van der Waals surface area contributed by atoms with Crippen LogP contribution in [0.5, 0.6) is 0 Å². The third kappa shape index (κ3) is 0.891. The molecule has 2 atom stereocenters. The number of rotatable bonds is 0. The summed E-state index contributed by atoms with van der Waals surface area (Å²) in [5.41, 5.74) is 1.09. The maximum atomic E-state index is 11.1. The van der Waals surface area contributed by atoms with Crippen LogP contribution < -0.4 is 0 Å². The van der Waals surface area contributed by atoms with E-state index in [1.807, 2.05) is 13.8 Å². The Bertz CT molecular complexity index is 203. The lowest BCUT2D eigenvalue weighted by Crippen LogP contribution is -2.29. The van der Waals surface area contributed by atoms with Crippen molar-refractivity contribution in [1.29, 1.82) is 0 Å². The molecule has 56 valence electrons. The standard InChI is InChI=1S/C8H11ClO/c1-5-4-7(10)8(3,9)6(5)2/h4,6H,1-3H3/t6-,8-/m1/s1. The van der Waals surface area contributed by atoms with Gasteiger partial charge >= 0.3 is 0 Å². The number of hydrogen-bond donors (Lipinski definition) is 0. The van der Waals surface area contributed by atoms with Crippen molar-refractivity contribution in [1.82, 2.24) is 0 Å². The number of alkyl halides is 1. The smallest absolute Gasteiger partial charge is 0.176 e. The van der Waals surface area contributed by atoms with E-state index in [1.165, 1.54) is 0 Å². The van der Waals surface area contributed by atoms with Gasteiger partial charge in [-0.05, 0) is 19.9 Å². The zero-order valence-electron chi connectivity index (χ0n) is 6.44. The Morgan fingerprint density at radius 3 is 2.30 bits per heavy atom. The molecule has 0 aromatic heterocycles. The fourth-order valence-electron chi connectivity index (χ4n) is 1.11. The van der Waals surface area contributed by atoms with Crippen LogP contribution in [0.3, 0.4) is 0 Å². The van der Waals surface area contributed by atoms with Crippen molar-refractivity contribution < 1.29 is 4.79 Å². The SMILES string of the molecule is CC1=CC(=O)[C@](C)(Cl)[C@@H]1C. The van der Waals surface area contributed by atoms with Crippen molar-refractivity contribution in [2.75, 3.05) is 0 Å². The number of carbonyl (C=O) groups is 1. The summed E-state index contributed by atoms with van der Waals surface area (Å²) in [4.78, 5) is 10.4. The van der Waals surface area contributed by atoms with Crippen LogP contribution >= 0.6 is 11.6 Å². The molecule has 0 saturated heterocycles. The average Bonchev–Trinajstić information content (AvgIpc) is 1.97. The molecule has 0 radical (unpaired) electrons. The van der Waals surface area contributed by atoms with Crippen LogP contribution in [0, 0.1) is 5.92 Å². The minimum absolute atomic E-state index is 0.0409. The molecule has 0 saturated carbocycles. The normalized spacial score (nSPS) is 40.2. The molecule has 1 rings (SSSR count). The molecule has 2 heteroatoms. The van der Waals surface area contributed by atoms with Gasteiger partial charge in [-0.3, -0.25) is 4.79 Å². The Labute approximate surface area is 66.1 Å². The maximum absolute atomic E-state index is 11.1. The number of ketones is 1. The van der Waals surface area contributed by atoms with Gasteiger partial charge in [-0.1, -0.05) is 12.5 Å². The second-order valence-corrected chi connectivity index (χ2v) is 3.84. The zero-order valence-corrected chi connectivity index (χ0v) is 7.20. The van der Waals surface area contributed by atoms with Gasteiger partial charge in [0.1, 0.15) is 4.87 Å². The monoisotopic (exact) mass is 158 g/mol. The van der Waals surface area contributed by atoms with Crippen molar-refractivity contribution >= 4 is 17.4 Å². The van der Waals surface area contributed by atoms with Gasteiger partial charge < -0.3 is 0 Å². The van der Waals surface area contributed by atoms with Gasteiger partial charge in [-0.15, -0.1) is 11.6 Å². The van der Waals surface area contributed by atoms with Crippen molar-refractivity contribution in [3.05, 3.63) is 11.6 Å². The number of carbonyl (C=O) groups excluding carboxylic acids is 1. The molecule has 10 heavy (non-hydrogen) atoms. The van der Waals surface area contributed by atoms with Gasteiger partial charge in [-0.2, -0.15) is 0 Å². The van der Waals surface area contributed by atoms with Crippen LogP contribution in [-0.2, 0) is 4.79 Å². The molecule has 1 aliphatic rings. The van der Waals surface area contributed by atoms with Gasteiger partial charge in [0, 0.05) is 5.92 Å². The third-order valence-electron chi connectivity index (χ3n) is 2.34. The van der Waals surface area contributed by atoms with Gasteiger partial charge in [0.2, 0.25) is 0 Å². The first-order valence-corrected chi connectivity index (χ1v) is 3.75. The Balaban J connectivity index is 2.98. The van der Waals surface area contributed by atoms with Gasteiger partial charge in [0.15, 0.2) is 5.78 Å². The van der Waals surface area contributed by atoms with E-state index in [4.69, 9.17) is 11.6 Å².